The smallest absolute Gasteiger partial charge is 0.419 e. The lowest BCUT2D eigenvalue weighted by Crippen LogP contribution is -2.46. The van der Waals surface area contributed by atoms with Crippen LogP contribution in [0.4, 0.5) is 10.5 Å². The number of benzene rings is 4. The maximum absolute atomic E-state index is 13.3. The number of carbonyl (C=O) groups excluding carboxylic acids is 1. The lowest BCUT2D eigenvalue weighted by atomic mass is 9.91. The lowest BCUT2D eigenvalue weighted by molar-refractivity contribution is 0.0762. The van der Waals surface area contributed by atoms with Crippen LogP contribution in [0.2, 0.25) is 18.1 Å². The van der Waals surface area contributed by atoms with Crippen molar-refractivity contribution < 1.29 is 23.5 Å². The van der Waals surface area contributed by atoms with E-state index in [0.29, 0.717) is 54.4 Å². The van der Waals surface area contributed by atoms with E-state index in [1.807, 2.05) is 84.9 Å². The molecule has 0 aliphatic heterocycles. The molecule has 2 aromatic heterocycles. The van der Waals surface area contributed by atoms with E-state index in [2.05, 4.69) is 75.6 Å². The summed E-state index contributed by atoms with van der Waals surface area (Å²) in [6, 6.07) is 28.8. The van der Waals surface area contributed by atoms with Gasteiger partial charge in [0, 0.05) is 48.2 Å². The SMILES string of the molecule is CC(C)(C)NC1CCC(OC(=O)Nc2cc(/C=C/CCn3c(=O)oc4cc(CNC[C@@H](O[Si](C)(C)C(C)(C)C)c5ccc(O)c6[nH]c(=O)ccc56)ccc43)ccc2-c2ccccc2)CC1. The fraction of sp³-hybridized carbons (Fsp3) is 0.404. The molecule has 12 nitrogen and oxygen atoms in total. The molecule has 7 rings (SSSR count). The average Bonchev–Trinajstić information content (AvgIpc) is 3.56. The number of phenols is 1. The van der Waals surface area contributed by atoms with Crippen LogP contribution in [-0.2, 0) is 22.3 Å². The summed E-state index contributed by atoms with van der Waals surface area (Å²) in [5.74, 6) is -0.415. The molecule has 13 heteroatoms. The van der Waals surface area contributed by atoms with Gasteiger partial charge < -0.3 is 34.3 Å². The minimum atomic E-state index is -2.26. The predicted molar refractivity (Wildman–Crippen MR) is 264 cm³/mol. The quantitative estimate of drug-likeness (QED) is 0.0632. The van der Waals surface area contributed by atoms with E-state index in [4.69, 9.17) is 13.6 Å². The van der Waals surface area contributed by atoms with Crippen molar-refractivity contribution in [2.75, 3.05) is 11.9 Å². The molecule has 1 fully saturated rings. The largest absolute Gasteiger partial charge is 0.506 e. The van der Waals surface area contributed by atoms with Crippen LogP contribution in [0.5, 0.6) is 5.75 Å². The number of oxazole rings is 1. The molecular weight excluding hydrogens is 835 g/mol. The second kappa shape index (κ2) is 19.8. The van der Waals surface area contributed by atoms with Gasteiger partial charge in [0.2, 0.25) is 5.56 Å². The Morgan fingerprint density at radius 3 is 2.42 bits per heavy atom. The van der Waals surface area contributed by atoms with E-state index in [1.54, 1.807) is 16.7 Å². The Kier molecular flexibility index (Phi) is 14.4. The van der Waals surface area contributed by atoms with Gasteiger partial charge in [-0.25, -0.2) is 9.59 Å². The van der Waals surface area contributed by atoms with Gasteiger partial charge in [0.25, 0.3) is 0 Å². The number of ether oxygens (including phenoxy) is 1. The maximum Gasteiger partial charge on any atom is 0.419 e. The number of H-pyrrole nitrogens is 1. The van der Waals surface area contributed by atoms with Crippen LogP contribution in [0.1, 0.15) is 96.4 Å². The predicted octanol–water partition coefficient (Wildman–Crippen LogP) is 11.0. The molecule has 4 aromatic carbocycles. The minimum absolute atomic E-state index is 0.00621. The number of phenolic OH excluding ortho intramolecular Hbond substituents is 1. The number of aromatic hydroxyl groups is 1. The molecule has 0 radical (unpaired) electrons. The van der Waals surface area contributed by atoms with Crippen molar-refractivity contribution in [3.8, 4) is 16.9 Å². The molecule has 2 heterocycles. The summed E-state index contributed by atoms with van der Waals surface area (Å²) in [4.78, 5) is 41.3. The number of carbonyl (C=O) groups is 1. The molecule has 1 amide bonds. The molecule has 1 atom stereocenters. The second-order valence-corrected chi connectivity index (χ2v) is 24.6. The van der Waals surface area contributed by atoms with E-state index in [1.165, 1.54) is 6.07 Å². The second-order valence-electron chi connectivity index (χ2n) is 19.9. The number of anilines is 1. The number of hydrogen-bond acceptors (Lipinski definition) is 9. The van der Waals surface area contributed by atoms with Crippen LogP contribution >= 0.6 is 0 Å². The van der Waals surface area contributed by atoms with E-state index in [-0.39, 0.29) is 34.1 Å². The molecule has 6 aromatic rings. The zero-order valence-electron chi connectivity index (χ0n) is 39.0. The fourth-order valence-corrected chi connectivity index (χ4v) is 9.63. The summed E-state index contributed by atoms with van der Waals surface area (Å²) in [6.07, 6.45) is 7.22. The third-order valence-electron chi connectivity index (χ3n) is 12.7. The van der Waals surface area contributed by atoms with Gasteiger partial charge in [-0.1, -0.05) is 87.5 Å². The first-order chi connectivity index (χ1) is 30.8. The van der Waals surface area contributed by atoms with Crippen LogP contribution in [0.3, 0.4) is 0 Å². The number of allylic oxidation sites excluding steroid dienone is 1. The number of fused-ring (bicyclic) bond motifs is 2. The van der Waals surface area contributed by atoms with Gasteiger partial charge >= 0.3 is 11.8 Å². The minimum Gasteiger partial charge on any atom is -0.506 e. The Balaban J connectivity index is 0.995. The number of amides is 1. The lowest BCUT2D eigenvalue weighted by Gasteiger charge is -2.39. The summed E-state index contributed by atoms with van der Waals surface area (Å²) in [7, 11) is -2.26. The summed E-state index contributed by atoms with van der Waals surface area (Å²) < 4.78 is 20.3. The van der Waals surface area contributed by atoms with Crippen molar-refractivity contribution in [1.82, 2.24) is 20.2 Å². The van der Waals surface area contributed by atoms with Gasteiger partial charge in [-0.3, -0.25) is 14.7 Å². The van der Waals surface area contributed by atoms with Crippen molar-refractivity contribution in [2.24, 2.45) is 0 Å². The highest BCUT2D eigenvalue weighted by atomic mass is 28.4. The molecule has 1 saturated carbocycles. The fourth-order valence-electron chi connectivity index (χ4n) is 8.36. The van der Waals surface area contributed by atoms with Crippen molar-refractivity contribution in [3.05, 3.63) is 135 Å². The number of hydrogen-bond donors (Lipinski definition) is 5. The van der Waals surface area contributed by atoms with Crippen LogP contribution in [0.15, 0.2) is 111 Å². The zero-order valence-corrected chi connectivity index (χ0v) is 40.0. The van der Waals surface area contributed by atoms with Crippen molar-refractivity contribution in [3.63, 3.8) is 0 Å². The topological polar surface area (TPSA) is 160 Å². The molecule has 0 unspecified atom stereocenters. The number of aromatic nitrogens is 2. The zero-order chi connectivity index (χ0) is 46.5. The van der Waals surface area contributed by atoms with Crippen LogP contribution in [0.25, 0.3) is 39.2 Å². The monoisotopic (exact) mass is 899 g/mol. The molecule has 1 aliphatic rings. The summed E-state index contributed by atoms with van der Waals surface area (Å²) in [5, 5.41) is 21.5. The molecular formula is C52H65N5O7Si. The molecule has 0 spiro atoms. The Hall–Kier alpha value is -5.73. The van der Waals surface area contributed by atoms with Crippen LogP contribution in [-0.4, -0.2) is 53.3 Å². The number of aromatic amines is 1. The van der Waals surface area contributed by atoms with Gasteiger partial charge in [0.15, 0.2) is 13.9 Å². The van der Waals surface area contributed by atoms with Gasteiger partial charge in [-0.2, -0.15) is 0 Å². The molecule has 0 bridgehead atoms. The molecule has 5 N–H and O–H groups in total. The first kappa shape index (κ1) is 47.2. The summed E-state index contributed by atoms with van der Waals surface area (Å²) in [6.45, 7) is 18.9. The van der Waals surface area contributed by atoms with E-state index in [0.717, 1.165) is 58.9 Å². The highest BCUT2D eigenvalue weighted by Crippen LogP contribution is 2.41. The van der Waals surface area contributed by atoms with Crippen molar-refractivity contribution in [2.45, 2.75) is 129 Å². The first-order valence-electron chi connectivity index (χ1n) is 22.8. The Morgan fingerprint density at radius 2 is 1.69 bits per heavy atom. The van der Waals surface area contributed by atoms with Crippen molar-refractivity contribution in [1.29, 1.82) is 0 Å². The Labute approximate surface area is 382 Å². The van der Waals surface area contributed by atoms with Crippen molar-refractivity contribution >= 4 is 48.2 Å². The third-order valence-corrected chi connectivity index (χ3v) is 17.2. The Bertz CT molecular complexity index is 2750. The van der Waals surface area contributed by atoms with E-state index < -0.39 is 20.2 Å². The summed E-state index contributed by atoms with van der Waals surface area (Å²) >= 11 is 0. The van der Waals surface area contributed by atoms with E-state index in [9.17, 15) is 19.5 Å². The molecule has 1 aliphatic carbocycles. The number of aryl methyl sites for hydroxylation is 1. The normalized spacial score (nSPS) is 16.6. The average molecular weight is 900 g/mol. The van der Waals surface area contributed by atoms with Gasteiger partial charge in [0.1, 0.15) is 11.9 Å². The molecule has 344 valence electrons. The maximum atomic E-state index is 13.3. The number of rotatable bonds is 15. The first-order valence-corrected chi connectivity index (χ1v) is 25.7. The Morgan fingerprint density at radius 1 is 0.938 bits per heavy atom. The van der Waals surface area contributed by atoms with Gasteiger partial charge in [-0.15, -0.1) is 0 Å². The van der Waals surface area contributed by atoms with Gasteiger partial charge in [0.05, 0.1) is 22.8 Å². The van der Waals surface area contributed by atoms with Crippen LogP contribution in [0, 0.1) is 0 Å². The highest BCUT2D eigenvalue weighted by Gasteiger charge is 2.40. The van der Waals surface area contributed by atoms with Gasteiger partial charge in [-0.05, 0) is 124 Å². The highest BCUT2D eigenvalue weighted by molar-refractivity contribution is 6.74. The number of nitrogens with zero attached hydrogens (tertiary/aromatic N) is 1. The molecule has 0 saturated heterocycles. The molecule has 65 heavy (non-hydrogen) atoms. The number of nitrogens with one attached hydrogen (secondary N) is 4. The van der Waals surface area contributed by atoms with Crippen LogP contribution < -0.4 is 27.3 Å². The third kappa shape index (κ3) is 11.9. The van der Waals surface area contributed by atoms with E-state index >= 15 is 0 Å². The number of pyridine rings is 1. The standard InChI is InChI=1S/C52H65N5O7Si/c1-51(2,3)56-37-19-21-38(22-20-37)62-49(60)54-42-30-34(17-23-39(42)36-15-10-9-11-16-36)14-12-13-29-57-43-26-18-35(31-45(43)63-50(57)61)32-53-33-46(64-65(7,8)52(4,5)6)40-24-27-44(58)48-41(40)25-28-47(59)55-48/h9-12,14-18,23-28,30-31,37-38,46,53,56,58H,13,19-22,29,32-33H2,1-8H3,(H,54,60)(H,55,59)/b14-12+/t37?,38?,46-/m1/s1. The summed E-state index contributed by atoms with van der Waals surface area (Å²) in [5.41, 5.74) is 6.63.